The van der Waals surface area contributed by atoms with E-state index < -0.39 is 17.8 Å². The molecule has 114 valence electrons. The first-order chi connectivity index (χ1) is 9.79. The summed E-state index contributed by atoms with van der Waals surface area (Å²) < 4.78 is 39.9. The number of anilines is 1. The van der Waals surface area contributed by atoms with Crippen molar-refractivity contribution in [2.24, 2.45) is 7.05 Å². The Morgan fingerprint density at radius 2 is 2.10 bits per heavy atom. The van der Waals surface area contributed by atoms with Crippen LogP contribution in [0, 0.1) is 0 Å². The lowest BCUT2D eigenvalue weighted by Crippen LogP contribution is -2.10. The molecular formula is C14H16F3N3O. The maximum atomic E-state index is 12.7. The summed E-state index contributed by atoms with van der Waals surface area (Å²) in [6.45, 7) is 0. The second-order valence-corrected chi connectivity index (χ2v) is 4.85. The first-order valence-corrected chi connectivity index (χ1v) is 6.40. The molecule has 0 fully saturated rings. The number of aliphatic hydroxyl groups is 1. The molecule has 0 saturated heterocycles. The Bertz CT molecular complexity index is 622. The molecule has 1 unspecified atom stereocenters. The number of aliphatic hydroxyl groups excluding tert-OH is 1. The number of halogens is 3. The third-order valence-corrected chi connectivity index (χ3v) is 3.34. The van der Waals surface area contributed by atoms with Crippen molar-refractivity contribution in [2.45, 2.75) is 25.1 Å². The maximum Gasteiger partial charge on any atom is 0.416 e. The summed E-state index contributed by atoms with van der Waals surface area (Å²) in [6, 6.07) is 2.98. The van der Waals surface area contributed by atoms with Gasteiger partial charge in [0.1, 0.15) is 5.82 Å². The van der Waals surface area contributed by atoms with Gasteiger partial charge in [0.15, 0.2) is 0 Å². The zero-order chi connectivity index (χ0) is 15.6. The smallest absolute Gasteiger partial charge is 0.398 e. The summed E-state index contributed by atoms with van der Waals surface area (Å²) >= 11 is 0. The van der Waals surface area contributed by atoms with E-state index in [0.717, 1.165) is 18.0 Å². The van der Waals surface area contributed by atoms with Gasteiger partial charge in [-0.05, 0) is 24.6 Å². The Balaban J connectivity index is 2.15. The lowest BCUT2D eigenvalue weighted by Gasteiger charge is -2.16. The summed E-state index contributed by atoms with van der Waals surface area (Å²) in [4.78, 5) is 4.10. The van der Waals surface area contributed by atoms with Gasteiger partial charge in [0.2, 0.25) is 0 Å². The highest BCUT2D eigenvalue weighted by Crippen LogP contribution is 2.34. The summed E-state index contributed by atoms with van der Waals surface area (Å²) in [5.74, 6) is 0.750. The fourth-order valence-corrected chi connectivity index (χ4v) is 2.10. The summed E-state index contributed by atoms with van der Waals surface area (Å²) in [7, 11) is 1.81. The van der Waals surface area contributed by atoms with Crippen molar-refractivity contribution in [2.75, 3.05) is 5.73 Å². The van der Waals surface area contributed by atoms with Gasteiger partial charge in [-0.3, -0.25) is 0 Å². The highest BCUT2D eigenvalue weighted by atomic mass is 19.4. The summed E-state index contributed by atoms with van der Waals surface area (Å²) in [6.07, 6.45) is -1.44. The van der Waals surface area contributed by atoms with E-state index >= 15 is 0 Å². The van der Waals surface area contributed by atoms with Crippen molar-refractivity contribution < 1.29 is 18.3 Å². The molecule has 2 rings (SSSR count). The van der Waals surface area contributed by atoms with Gasteiger partial charge in [0, 0.05) is 37.1 Å². The van der Waals surface area contributed by atoms with Crippen LogP contribution in [0.25, 0.3) is 0 Å². The zero-order valence-corrected chi connectivity index (χ0v) is 11.4. The molecule has 7 heteroatoms. The van der Waals surface area contributed by atoms with Gasteiger partial charge in [-0.25, -0.2) is 4.98 Å². The fraction of sp³-hybridized carbons (Fsp3) is 0.357. The first kappa shape index (κ1) is 15.4. The molecule has 1 atom stereocenters. The predicted octanol–water partition coefficient (Wildman–Crippen LogP) is 2.69. The Morgan fingerprint density at radius 3 is 2.67 bits per heavy atom. The van der Waals surface area contributed by atoms with Gasteiger partial charge >= 0.3 is 6.18 Å². The third-order valence-electron chi connectivity index (χ3n) is 3.34. The normalized spacial score (nSPS) is 13.4. The molecule has 0 spiro atoms. The molecule has 4 nitrogen and oxygen atoms in total. The number of aromatic nitrogens is 2. The predicted molar refractivity (Wildman–Crippen MR) is 72.3 cm³/mol. The van der Waals surface area contributed by atoms with Gasteiger partial charge < -0.3 is 15.4 Å². The van der Waals surface area contributed by atoms with E-state index in [1.165, 1.54) is 6.07 Å². The van der Waals surface area contributed by atoms with Crippen LogP contribution in [0.1, 0.15) is 29.5 Å². The van der Waals surface area contributed by atoms with Crippen LogP contribution < -0.4 is 5.73 Å². The minimum atomic E-state index is -4.46. The monoisotopic (exact) mass is 299 g/mol. The molecule has 1 heterocycles. The Morgan fingerprint density at radius 1 is 1.38 bits per heavy atom. The van der Waals surface area contributed by atoms with E-state index in [9.17, 15) is 18.3 Å². The second kappa shape index (κ2) is 5.77. The van der Waals surface area contributed by atoms with Crippen LogP contribution in [0.3, 0.4) is 0 Å². The van der Waals surface area contributed by atoms with Crippen LogP contribution in [-0.2, 0) is 19.6 Å². The van der Waals surface area contributed by atoms with Crippen LogP contribution in [0.2, 0.25) is 0 Å². The minimum Gasteiger partial charge on any atom is -0.398 e. The lowest BCUT2D eigenvalue weighted by atomic mass is 10.00. The minimum absolute atomic E-state index is 0.0963. The van der Waals surface area contributed by atoms with Gasteiger partial charge in [-0.15, -0.1) is 0 Å². The second-order valence-electron chi connectivity index (χ2n) is 4.85. The SMILES string of the molecule is Cn1ccnc1CCC(O)c1cc(C(F)(F)F)ccc1N. The molecule has 21 heavy (non-hydrogen) atoms. The van der Waals surface area contributed by atoms with Gasteiger partial charge in [0.25, 0.3) is 0 Å². The molecule has 1 aromatic heterocycles. The summed E-state index contributed by atoms with van der Waals surface area (Å²) in [5.41, 5.74) is 5.09. The van der Waals surface area contributed by atoms with E-state index in [1.807, 2.05) is 7.05 Å². The molecule has 0 radical (unpaired) electrons. The number of hydrogen-bond acceptors (Lipinski definition) is 3. The Hall–Kier alpha value is -2.02. The Kier molecular flexibility index (Phi) is 4.22. The molecule has 0 bridgehead atoms. The number of nitrogens with zero attached hydrogens (tertiary/aromatic N) is 2. The van der Waals surface area contributed by atoms with Gasteiger partial charge in [-0.1, -0.05) is 0 Å². The van der Waals surface area contributed by atoms with E-state index in [1.54, 1.807) is 17.0 Å². The number of hydrogen-bond donors (Lipinski definition) is 2. The van der Waals surface area contributed by atoms with Crippen LogP contribution in [0.5, 0.6) is 0 Å². The third kappa shape index (κ3) is 3.55. The molecular weight excluding hydrogens is 283 g/mol. The van der Waals surface area contributed by atoms with Crippen molar-refractivity contribution in [3.8, 4) is 0 Å². The number of imidazole rings is 1. The van der Waals surface area contributed by atoms with Crippen molar-refractivity contribution in [3.63, 3.8) is 0 Å². The average molecular weight is 299 g/mol. The van der Waals surface area contributed by atoms with Crippen molar-refractivity contribution >= 4 is 5.69 Å². The van der Waals surface area contributed by atoms with Crippen molar-refractivity contribution in [1.29, 1.82) is 0 Å². The molecule has 0 aliphatic heterocycles. The largest absolute Gasteiger partial charge is 0.416 e. The van der Waals surface area contributed by atoms with Crippen LogP contribution >= 0.6 is 0 Å². The molecule has 0 aliphatic carbocycles. The maximum absolute atomic E-state index is 12.7. The number of rotatable bonds is 4. The Labute approximate surface area is 120 Å². The van der Waals surface area contributed by atoms with Crippen molar-refractivity contribution in [3.05, 3.63) is 47.5 Å². The van der Waals surface area contributed by atoms with Crippen molar-refractivity contribution in [1.82, 2.24) is 9.55 Å². The molecule has 0 aliphatic rings. The number of benzene rings is 1. The molecule has 3 N–H and O–H groups in total. The molecule has 2 aromatic rings. The highest BCUT2D eigenvalue weighted by molar-refractivity contribution is 5.50. The van der Waals surface area contributed by atoms with E-state index in [2.05, 4.69) is 4.98 Å². The average Bonchev–Trinajstić information content (AvgIpc) is 2.80. The van der Waals surface area contributed by atoms with E-state index in [-0.39, 0.29) is 17.7 Å². The molecule has 0 amide bonds. The fourth-order valence-electron chi connectivity index (χ4n) is 2.10. The number of alkyl halides is 3. The lowest BCUT2D eigenvalue weighted by molar-refractivity contribution is -0.137. The zero-order valence-electron chi connectivity index (χ0n) is 11.4. The van der Waals surface area contributed by atoms with E-state index in [0.29, 0.717) is 6.42 Å². The first-order valence-electron chi connectivity index (χ1n) is 6.40. The van der Waals surface area contributed by atoms with Crippen LogP contribution in [0.4, 0.5) is 18.9 Å². The van der Waals surface area contributed by atoms with Crippen LogP contribution in [0.15, 0.2) is 30.6 Å². The summed E-state index contributed by atoms with van der Waals surface area (Å²) in [5, 5.41) is 10.1. The molecule has 1 aromatic carbocycles. The van der Waals surface area contributed by atoms with Gasteiger partial charge in [0.05, 0.1) is 11.7 Å². The quantitative estimate of drug-likeness (QED) is 0.853. The van der Waals surface area contributed by atoms with Crippen LogP contribution in [-0.4, -0.2) is 14.7 Å². The number of nitrogens with two attached hydrogens (primary N) is 1. The van der Waals surface area contributed by atoms with E-state index in [4.69, 9.17) is 5.73 Å². The van der Waals surface area contributed by atoms with Gasteiger partial charge in [-0.2, -0.15) is 13.2 Å². The highest BCUT2D eigenvalue weighted by Gasteiger charge is 2.31. The number of aryl methyl sites for hydroxylation is 2. The topological polar surface area (TPSA) is 64.1 Å². The molecule has 0 saturated carbocycles. The standard InChI is InChI=1S/C14H16F3N3O/c1-20-7-6-19-13(20)5-4-12(21)10-8-9(14(15,16)17)2-3-11(10)18/h2-3,6-8,12,21H,4-5,18H2,1H3. The number of nitrogen functional groups attached to an aromatic ring is 1.